The molecule has 31 heavy (non-hydrogen) atoms. The van der Waals surface area contributed by atoms with Gasteiger partial charge < -0.3 is 10.2 Å². The third kappa shape index (κ3) is 7.16. The Balaban J connectivity index is 1.67. The molecule has 2 aromatic rings. The van der Waals surface area contributed by atoms with Crippen molar-refractivity contribution in [3.8, 4) is 0 Å². The maximum Gasteiger partial charge on any atom is 0.242 e. The van der Waals surface area contributed by atoms with Crippen LogP contribution < -0.4 is 5.32 Å². The van der Waals surface area contributed by atoms with Crippen LogP contribution >= 0.6 is 35.0 Å². The van der Waals surface area contributed by atoms with E-state index in [0.29, 0.717) is 28.8 Å². The van der Waals surface area contributed by atoms with Gasteiger partial charge in [0.1, 0.15) is 6.04 Å². The quantitative estimate of drug-likeness (QED) is 0.452. The van der Waals surface area contributed by atoms with E-state index in [1.807, 2.05) is 36.4 Å². The number of benzene rings is 2. The number of halogens is 2. The summed E-state index contributed by atoms with van der Waals surface area (Å²) >= 11 is 13.8. The van der Waals surface area contributed by atoms with Crippen LogP contribution in [0.15, 0.2) is 53.4 Å². The first-order chi connectivity index (χ1) is 14.9. The molecule has 0 aromatic heterocycles. The van der Waals surface area contributed by atoms with Crippen molar-refractivity contribution in [1.29, 1.82) is 0 Å². The van der Waals surface area contributed by atoms with Crippen molar-refractivity contribution in [3.63, 3.8) is 0 Å². The lowest BCUT2D eigenvalue weighted by atomic mass is 10.1. The number of nitrogens with zero attached hydrogens (tertiary/aromatic N) is 1. The molecule has 0 heterocycles. The van der Waals surface area contributed by atoms with Gasteiger partial charge >= 0.3 is 0 Å². The Kier molecular flexibility index (Phi) is 9.12. The maximum atomic E-state index is 13.1. The lowest BCUT2D eigenvalue weighted by Crippen LogP contribution is -2.49. The molecule has 166 valence electrons. The molecule has 1 aliphatic carbocycles. The Morgan fingerprint density at radius 1 is 1.10 bits per heavy atom. The molecular formula is C24H28Cl2N2O2S. The summed E-state index contributed by atoms with van der Waals surface area (Å²) in [4.78, 5) is 28.8. The van der Waals surface area contributed by atoms with E-state index in [4.69, 9.17) is 23.2 Å². The zero-order valence-corrected chi connectivity index (χ0v) is 20.0. The molecule has 2 amide bonds. The van der Waals surface area contributed by atoms with Crippen LogP contribution in [0.25, 0.3) is 0 Å². The molecule has 4 nitrogen and oxygen atoms in total. The van der Waals surface area contributed by atoms with Crippen molar-refractivity contribution >= 4 is 46.8 Å². The summed E-state index contributed by atoms with van der Waals surface area (Å²) in [6, 6.07) is 15.0. The standard InChI is InChI=1S/C24H28Cl2N2O2S/c1-17(24(30)27-19-7-5-6-8-19)28(16-18-11-12-21(25)22(26)15-18)23(29)13-14-31-20-9-3-2-4-10-20/h2-4,9-12,15,17,19H,5-8,13-14,16H2,1H3,(H,27,30)/t17-/m1/s1. The van der Waals surface area contributed by atoms with Crippen molar-refractivity contribution in [2.24, 2.45) is 0 Å². The van der Waals surface area contributed by atoms with E-state index < -0.39 is 6.04 Å². The van der Waals surface area contributed by atoms with Gasteiger partial charge in [0.05, 0.1) is 10.0 Å². The highest BCUT2D eigenvalue weighted by molar-refractivity contribution is 7.99. The van der Waals surface area contributed by atoms with Gasteiger partial charge in [0.15, 0.2) is 0 Å². The van der Waals surface area contributed by atoms with Gasteiger partial charge in [-0.3, -0.25) is 9.59 Å². The van der Waals surface area contributed by atoms with Crippen LogP contribution in [0.1, 0.15) is 44.6 Å². The fourth-order valence-corrected chi connectivity index (χ4v) is 4.91. The molecule has 0 saturated heterocycles. The molecule has 2 aromatic carbocycles. The molecular weight excluding hydrogens is 451 g/mol. The Morgan fingerprint density at radius 2 is 1.81 bits per heavy atom. The summed E-state index contributed by atoms with van der Waals surface area (Å²) in [6.07, 6.45) is 4.64. The van der Waals surface area contributed by atoms with E-state index in [0.717, 1.165) is 36.1 Å². The molecule has 0 aliphatic heterocycles. The molecule has 0 radical (unpaired) electrons. The van der Waals surface area contributed by atoms with Crippen LogP contribution in [0.3, 0.4) is 0 Å². The van der Waals surface area contributed by atoms with Crippen molar-refractivity contribution in [3.05, 3.63) is 64.1 Å². The SMILES string of the molecule is C[C@H](C(=O)NC1CCCC1)N(Cc1ccc(Cl)c(Cl)c1)C(=O)CCSc1ccccc1. The van der Waals surface area contributed by atoms with Crippen LogP contribution in [-0.4, -0.2) is 34.6 Å². The predicted molar refractivity (Wildman–Crippen MR) is 129 cm³/mol. The average molecular weight is 479 g/mol. The first-order valence-electron chi connectivity index (χ1n) is 10.7. The van der Waals surface area contributed by atoms with Gasteiger partial charge in [0.25, 0.3) is 0 Å². The van der Waals surface area contributed by atoms with Crippen molar-refractivity contribution in [2.45, 2.75) is 62.6 Å². The normalized spacial score (nSPS) is 14.9. The number of nitrogens with one attached hydrogen (secondary N) is 1. The van der Waals surface area contributed by atoms with E-state index in [-0.39, 0.29) is 17.9 Å². The largest absolute Gasteiger partial charge is 0.352 e. The molecule has 3 rings (SSSR count). The number of rotatable bonds is 9. The van der Waals surface area contributed by atoms with E-state index in [1.165, 1.54) is 0 Å². The van der Waals surface area contributed by atoms with Crippen LogP contribution in [0.2, 0.25) is 10.0 Å². The van der Waals surface area contributed by atoms with Crippen molar-refractivity contribution < 1.29 is 9.59 Å². The van der Waals surface area contributed by atoms with Gasteiger partial charge in [-0.2, -0.15) is 0 Å². The Bertz CT molecular complexity index is 888. The summed E-state index contributed by atoms with van der Waals surface area (Å²) in [6.45, 7) is 2.11. The van der Waals surface area contributed by atoms with E-state index in [9.17, 15) is 9.59 Å². The molecule has 1 saturated carbocycles. The molecule has 1 aliphatic rings. The fourth-order valence-electron chi connectivity index (χ4n) is 3.73. The zero-order chi connectivity index (χ0) is 22.2. The number of amides is 2. The number of hydrogen-bond donors (Lipinski definition) is 1. The number of carbonyl (C=O) groups excluding carboxylic acids is 2. The number of hydrogen-bond acceptors (Lipinski definition) is 3. The molecule has 0 spiro atoms. The molecule has 1 fully saturated rings. The second kappa shape index (κ2) is 11.8. The minimum absolute atomic E-state index is 0.0522. The van der Waals surface area contributed by atoms with Gasteiger partial charge in [-0.25, -0.2) is 0 Å². The van der Waals surface area contributed by atoms with Gasteiger partial charge in [-0.1, -0.05) is 60.3 Å². The second-order valence-electron chi connectivity index (χ2n) is 7.85. The first-order valence-corrected chi connectivity index (χ1v) is 12.4. The maximum absolute atomic E-state index is 13.1. The average Bonchev–Trinajstić information content (AvgIpc) is 3.27. The highest BCUT2D eigenvalue weighted by Gasteiger charge is 2.28. The highest BCUT2D eigenvalue weighted by Crippen LogP contribution is 2.25. The van der Waals surface area contributed by atoms with E-state index in [1.54, 1.807) is 35.7 Å². The van der Waals surface area contributed by atoms with Gasteiger partial charge in [0, 0.05) is 29.7 Å². The molecule has 7 heteroatoms. The van der Waals surface area contributed by atoms with Crippen LogP contribution in [0.4, 0.5) is 0 Å². The summed E-state index contributed by atoms with van der Waals surface area (Å²) in [7, 11) is 0. The molecule has 0 bridgehead atoms. The third-order valence-electron chi connectivity index (χ3n) is 5.53. The van der Waals surface area contributed by atoms with Gasteiger partial charge in [-0.15, -0.1) is 11.8 Å². The lowest BCUT2D eigenvalue weighted by Gasteiger charge is -2.30. The van der Waals surface area contributed by atoms with E-state index in [2.05, 4.69) is 5.32 Å². The zero-order valence-electron chi connectivity index (χ0n) is 17.7. The summed E-state index contributed by atoms with van der Waals surface area (Å²) in [5, 5.41) is 4.02. The molecule has 1 N–H and O–H groups in total. The van der Waals surface area contributed by atoms with E-state index >= 15 is 0 Å². The van der Waals surface area contributed by atoms with Crippen LogP contribution in [-0.2, 0) is 16.1 Å². The van der Waals surface area contributed by atoms with Crippen LogP contribution in [0, 0.1) is 0 Å². The number of thioether (sulfide) groups is 1. The molecule has 1 atom stereocenters. The Hall–Kier alpha value is -1.69. The Morgan fingerprint density at radius 3 is 2.48 bits per heavy atom. The smallest absolute Gasteiger partial charge is 0.242 e. The summed E-state index contributed by atoms with van der Waals surface area (Å²) in [5.41, 5.74) is 0.846. The summed E-state index contributed by atoms with van der Waals surface area (Å²) in [5.74, 6) is 0.497. The minimum Gasteiger partial charge on any atom is -0.352 e. The minimum atomic E-state index is -0.565. The van der Waals surface area contributed by atoms with Crippen molar-refractivity contribution in [1.82, 2.24) is 10.2 Å². The van der Waals surface area contributed by atoms with Gasteiger partial charge in [0.2, 0.25) is 11.8 Å². The highest BCUT2D eigenvalue weighted by atomic mass is 35.5. The third-order valence-corrected chi connectivity index (χ3v) is 7.29. The Labute approximate surface area is 198 Å². The second-order valence-corrected chi connectivity index (χ2v) is 9.83. The number of carbonyl (C=O) groups is 2. The summed E-state index contributed by atoms with van der Waals surface area (Å²) < 4.78 is 0. The van der Waals surface area contributed by atoms with Crippen molar-refractivity contribution in [2.75, 3.05) is 5.75 Å². The lowest BCUT2D eigenvalue weighted by molar-refractivity contribution is -0.140. The topological polar surface area (TPSA) is 49.4 Å². The first kappa shape index (κ1) is 24.0. The van der Waals surface area contributed by atoms with Crippen LogP contribution in [0.5, 0.6) is 0 Å². The predicted octanol–water partition coefficient (Wildman–Crippen LogP) is 5.95. The van der Waals surface area contributed by atoms with Gasteiger partial charge in [-0.05, 0) is 49.6 Å². The molecule has 0 unspecified atom stereocenters. The fraction of sp³-hybridized carbons (Fsp3) is 0.417. The monoisotopic (exact) mass is 478 g/mol.